The standard InChI is InChI=1S/C10H15N5O13P4/c11-9-8-10(13-4-12-9)15(5-14-8)7-2-1-6(25-7)3-24-30(18,19)27-32(22,23)28-31(20,21)26-29(16)17/h4-7H,1-3H2,(H5-,11,12,13,16,17,18,19,20,21,22,23)/p+1. The molecular formula is C10H16N5O13P4+. The SMILES string of the molecule is Nc1ncnc2c1ncn2C1CCC(COP(=O)(O)OP(=O)(O)OP(=O)(O)O[P+](=O)O)O1. The van der Waals surface area contributed by atoms with Crippen molar-refractivity contribution in [2.75, 3.05) is 12.3 Å². The van der Waals surface area contributed by atoms with Crippen LogP contribution in [0.5, 0.6) is 0 Å². The fourth-order valence-corrected chi connectivity index (χ4v) is 6.79. The van der Waals surface area contributed by atoms with Gasteiger partial charge in [-0.25, -0.2) is 28.6 Å². The number of nitrogen functional groups attached to an aromatic ring is 1. The molecule has 0 aliphatic carbocycles. The molecule has 0 saturated carbocycles. The lowest BCUT2D eigenvalue weighted by Gasteiger charge is -2.18. The second-order valence-electron chi connectivity index (χ2n) is 6.06. The van der Waals surface area contributed by atoms with Crippen molar-refractivity contribution < 1.29 is 60.0 Å². The number of phosphoric acid groups is 3. The monoisotopic (exact) mass is 538 g/mol. The van der Waals surface area contributed by atoms with Gasteiger partial charge in [0.2, 0.25) is 0 Å². The zero-order chi connectivity index (χ0) is 23.7. The fourth-order valence-electron chi connectivity index (χ4n) is 2.67. The molecule has 3 rings (SSSR count). The van der Waals surface area contributed by atoms with E-state index in [2.05, 4.69) is 32.4 Å². The molecule has 1 aliphatic rings. The van der Waals surface area contributed by atoms with Gasteiger partial charge in [-0.05, 0) is 17.2 Å². The molecule has 18 nitrogen and oxygen atoms in total. The molecule has 1 saturated heterocycles. The number of aromatic nitrogens is 4. The van der Waals surface area contributed by atoms with Gasteiger partial charge in [-0.15, -0.1) is 4.89 Å². The van der Waals surface area contributed by atoms with Crippen LogP contribution < -0.4 is 5.73 Å². The van der Waals surface area contributed by atoms with Crippen LogP contribution >= 0.6 is 31.7 Å². The van der Waals surface area contributed by atoms with E-state index < -0.39 is 50.7 Å². The van der Waals surface area contributed by atoms with Gasteiger partial charge in [0, 0.05) is 4.57 Å². The van der Waals surface area contributed by atoms with Gasteiger partial charge in [0.15, 0.2) is 11.5 Å². The summed E-state index contributed by atoms with van der Waals surface area (Å²) in [7, 11) is -20.3. The van der Waals surface area contributed by atoms with Crippen molar-refractivity contribution in [3.8, 4) is 0 Å². The second kappa shape index (κ2) is 9.57. The van der Waals surface area contributed by atoms with Crippen LogP contribution in [-0.2, 0) is 40.5 Å². The molecule has 0 spiro atoms. The first-order valence-corrected chi connectivity index (χ1v) is 13.9. The zero-order valence-electron chi connectivity index (χ0n) is 15.5. The van der Waals surface area contributed by atoms with Crippen LogP contribution in [-0.4, -0.2) is 51.8 Å². The third kappa shape index (κ3) is 6.65. The Kier molecular flexibility index (Phi) is 7.59. The molecule has 0 amide bonds. The van der Waals surface area contributed by atoms with Gasteiger partial charge in [0.05, 0.1) is 19.0 Å². The summed E-state index contributed by atoms with van der Waals surface area (Å²) in [6.45, 7) is -0.580. The molecule has 2 aromatic heterocycles. The number of nitrogens with zero attached hydrogens (tertiary/aromatic N) is 4. The minimum Gasteiger partial charge on any atom is -0.382 e. The lowest BCUT2D eigenvalue weighted by molar-refractivity contribution is -0.0205. The highest BCUT2D eigenvalue weighted by atomic mass is 31.3. The third-order valence-electron chi connectivity index (χ3n) is 3.79. The Bertz CT molecular complexity index is 1160. The number of hydrogen-bond donors (Lipinski definition) is 5. The predicted octanol–water partition coefficient (Wildman–Crippen LogP) is 1.10. The maximum Gasteiger partial charge on any atom is 0.705 e. The number of hydrogen-bond acceptors (Lipinski definition) is 13. The highest BCUT2D eigenvalue weighted by Gasteiger charge is 2.46. The number of fused-ring (bicyclic) bond motifs is 1. The molecular weight excluding hydrogens is 522 g/mol. The quantitative estimate of drug-likeness (QED) is 0.265. The van der Waals surface area contributed by atoms with Gasteiger partial charge < -0.3 is 20.3 Å². The lowest BCUT2D eigenvalue weighted by Crippen LogP contribution is -2.16. The van der Waals surface area contributed by atoms with Crippen molar-refractivity contribution in [1.29, 1.82) is 0 Å². The molecule has 6 unspecified atom stereocenters. The molecule has 178 valence electrons. The highest BCUT2D eigenvalue weighted by Crippen LogP contribution is 2.69. The third-order valence-corrected chi connectivity index (χ3v) is 8.95. The van der Waals surface area contributed by atoms with Crippen LogP contribution in [0.25, 0.3) is 11.2 Å². The van der Waals surface area contributed by atoms with Crippen LogP contribution in [0, 0.1) is 0 Å². The number of phosphoric ester groups is 1. The summed E-state index contributed by atoms with van der Waals surface area (Å²) >= 11 is 0. The van der Waals surface area contributed by atoms with Crippen LogP contribution in [0.2, 0.25) is 0 Å². The van der Waals surface area contributed by atoms with Crippen molar-refractivity contribution in [1.82, 2.24) is 19.5 Å². The van der Waals surface area contributed by atoms with Gasteiger partial charge in [-0.3, -0.25) is 14.0 Å². The average molecular weight is 538 g/mol. The summed E-state index contributed by atoms with van der Waals surface area (Å²) in [6, 6.07) is 0. The van der Waals surface area contributed by atoms with Gasteiger partial charge >= 0.3 is 31.7 Å². The summed E-state index contributed by atoms with van der Waals surface area (Å²) in [5.74, 6) is 0.171. The van der Waals surface area contributed by atoms with Crippen molar-refractivity contribution in [3.05, 3.63) is 12.7 Å². The smallest absolute Gasteiger partial charge is 0.382 e. The second-order valence-corrected chi connectivity index (χ2v) is 11.6. The summed E-state index contributed by atoms with van der Waals surface area (Å²) in [5.41, 5.74) is 6.48. The maximum absolute atomic E-state index is 11.9. The predicted molar refractivity (Wildman–Crippen MR) is 101 cm³/mol. The van der Waals surface area contributed by atoms with Crippen LogP contribution in [0.3, 0.4) is 0 Å². The normalized spacial score (nSPS) is 25.2. The van der Waals surface area contributed by atoms with Crippen LogP contribution in [0.15, 0.2) is 12.7 Å². The maximum atomic E-state index is 11.9. The van der Waals surface area contributed by atoms with E-state index in [9.17, 15) is 28.0 Å². The summed E-state index contributed by atoms with van der Waals surface area (Å²) in [6.07, 6.45) is 2.10. The number of anilines is 1. The van der Waals surface area contributed by atoms with E-state index >= 15 is 0 Å². The first-order chi connectivity index (χ1) is 14.8. The molecule has 3 heterocycles. The summed E-state index contributed by atoms with van der Waals surface area (Å²) < 4.78 is 68.0. The van der Waals surface area contributed by atoms with Crippen molar-refractivity contribution in [2.45, 2.75) is 25.2 Å². The Morgan fingerprint density at radius 2 is 1.81 bits per heavy atom. The molecule has 0 aromatic carbocycles. The van der Waals surface area contributed by atoms with Gasteiger partial charge in [0.1, 0.15) is 18.1 Å². The summed E-state index contributed by atoms with van der Waals surface area (Å²) in [5, 5.41) is 0. The first kappa shape index (κ1) is 25.4. The van der Waals surface area contributed by atoms with Crippen molar-refractivity contribution in [3.63, 3.8) is 0 Å². The van der Waals surface area contributed by atoms with E-state index in [1.807, 2.05) is 0 Å². The van der Waals surface area contributed by atoms with Gasteiger partial charge in [-0.1, -0.05) is 0 Å². The van der Waals surface area contributed by atoms with E-state index in [4.69, 9.17) is 20.3 Å². The highest BCUT2D eigenvalue weighted by molar-refractivity contribution is 7.68. The topological polar surface area (TPSA) is 265 Å². The molecule has 1 fully saturated rings. The Hall–Kier alpha value is -1.22. The molecule has 1 aliphatic heterocycles. The first-order valence-electron chi connectivity index (χ1n) is 8.27. The Morgan fingerprint density at radius 1 is 1.12 bits per heavy atom. The average Bonchev–Trinajstić information content (AvgIpc) is 3.23. The Labute approximate surface area is 179 Å². The van der Waals surface area contributed by atoms with Gasteiger partial charge in [-0.2, -0.15) is 8.62 Å². The molecule has 6 atom stereocenters. The minimum atomic E-state index is -5.73. The van der Waals surface area contributed by atoms with Crippen LogP contribution in [0.1, 0.15) is 19.1 Å². The number of nitrogens with two attached hydrogens (primary N) is 1. The number of imidazole rings is 1. The van der Waals surface area contributed by atoms with Crippen molar-refractivity contribution >= 4 is 48.7 Å². The lowest BCUT2D eigenvalue weighted by atomic mass is 10.2. The van der Waals surface area contributed by atoms with E-state index in [1.54, 1.807) is 4.57 Å². The summed E-state index contributed by atoms with van der Waals surface area (Å²) in [4.78, 5) is 48.3. The van der Waals surface area contributed by atoms with E-state index in [0.29, 0.717) is 24.0 Å². The van der Waals surface area contributed by atoms with Crippen LogP contribution in [0.4, 0.5) is 5.82 Å². The molecule has 22 heteroatoms. The molecule has 0 bridgehead atoms. The molecule has 2 aromatic rings. The van der Waals surface area contributed by atoms with Gasteiger partial charge in [0.25, 0.3) is 0 Å². The molecule has 32 heavy (non-hydrogen) atoms. The molecule has 6 N–H and O–H groups in total. The Morgan fingerprint density at radius 3 is 2.50 bits per heavy atom. The Balaban J connectivity index is 1.56. The number of ether oxygens (including phenoxy) is 1. The van der Waals surface area contributed by atoms with Crippen molar-refractivity contribution in [2.24, 2.45) is 0 Å². The minimum absolute atomic E-state index is 0.171. The van der Waals surface area contributed by atoms with E-state index in [1.165, 1.54) is 12.7 Å². The van der Waals surface area contributed by atoms with E-state index in [0.717, 1.165) is 0 Å². The largest absolute Gasteiger partial charge is 0.705 e. The number of rotatable bonds is 10. The molecule has 0 radical (unpaired) electrons. The zero-order valence-corrected chi connectivity index (χ0v) is 19.1. The van der Waals surface area contributed by atoms with E-state index in [-0.39, 0.29) is 5.82 Å². The fraction of sp³-hybridized carbons (Fsp3) is 0.500.